The fourth-order valence-corrected chi connectivity index (χ4v) is 4.49. The molecule has 1 aliphatic rings. The number of fused-ring (bicyclic) bond motifs is 1. The third kappa shape index (κ3) is 7.33. The Bertz CT molecular complexity index is 1470. The summed E-state index contributed by atoms with van der Waals surface area (Å²) in [7, 11) is 2.53. The van der Waals surface area contributed by atoms with Crippen molar-refractivity contribution in [3.63, 3.8) is 0 Å². The summed E-state index contributed by atoms with van der Waals surface area (Å²) in [5, 5.41) is 1.35. The van der Waals surface area contributed by atoms with Crippen molar-refractivity contribution < 1.29 is 53.8 Å². The van der Waals surface area contributed by atoms with Gasteiger partial charge in [-0.3, -0.25) is 4.98 Å². The smallest absolute Gasteiger partial charge is 0.414 e. The van der Waals surface area contributed by atoms with Crippen LogP contribution in [-0.2, 0) is 0 Å². The lowest BCUT2D eigenvalue weighted by Crippen LogP contribution is -2.54. The SMILES string of the molecule is COc1cnc(C(N(C(=O)N[C@@H](CCC(F)(F)F)C(F)(F)F)C2CC2)C(F)(F)F)cc1-c1cn2cc(C)nc2c(OC)n1. The highest BCUT2D eigenvalue weighted by Crippen LogP contribution is 2.45. The maximum atomic E-state index is 14.6. The number of amides is 2. The summed E-state index contributed by atoms with van der Waals surface area (Å²) in [6.45, 7) is 1.69. The van der Waals surface area contributed by atoms with Gasteiger partial charge in [-0.15, -0.1) is 0 Å². The second-order valence-electron chi connectivity index (χ2n) is 9.84. The van der Waals surface area contributed by atoms with Crippen molar-refractivity contribution in [2.75, 3.05) is 14.2 Å². The van der Waals surface area contributed by atoms with Gasteiger partial charge in [0.25, 0.3) is 5.88 Å². The van der Waals surface area contributed by atoms with Gasteiger partial charge in [0.15, 0.2) is 6.04 Å². The molecule has 43 heavy (non-hydrogen) atoms. The topological polar surface area (TPSA) is 93.9 Å². The minimum Gasteiger partial charge on any atom is -0.494 e. The summed E-state index contributed by atoms with van der Waals surface area (Å²) in [6, 6.07) is -7.94. The second kappa shape index (κ2) is 11.6. The lowest BCUT2D eigenvalue weighted by Gasteiger charge is -2.35. The minimum absolute atomic E-state index is 0.0226. The first kappa shape index (κ1) is 31.9. The zero-order valence-corrected chi connectivity index (χ0v) is 22.7. The Labute approximate surface area is 238 Å². The summed E-state index contributed by atoms with van der Waals surface area (Å²) >= 11 is 0. The van der Waals surface area contributed by atoms with Gasteiger partial charge in [-0.05, 0) is 32.3 Å². The van der Waals surface area contributed by atoms with Crippen molar-refractivity contribution in [3.05, 3.63) is 36.0 Å². The largest absolute Gasteiger partial charge is 0.494 e. The molecular weight excluding hydrogens is 603 g/mol. The van der Waals surface area contributed by atoms with E-state index in [1.807, 2.05) is 0 Å². The van der Waals surface area contributed by atoms with Crippen LogP contribution in [0.3, 0.4) is 0 Å². The van der Waals surface area contributed by atoms with Crippen molar-refractivity contribution in [1.29, 1.82) is 0 Å². The molecule has 3 heterocycles. The summed E-state index contributed by atoms with van der Waals surface area (Å²) in [4.78, 5) is 25.5. The number of hydrogen-bond acceptors (Lipinski definition) is 6. The Kier molecular flexibility index (Phi) is 8.61. The molecule has 0 saturated heterocycles. The first-order valence-corrected chi connectivity index (χ1v) is 12.7. The zero-order chi connectivity index (χ0) is 31.9. The van der Waals surface area contributed by atoms with Gasteiger partial charge < -0.3 is 24.1 Å². The highest BCUT2D eigenvalue weighted by molar-refractivity contribution is 5.76. The van der Waals surface area contributed by atoms with Crippen LogP contribution in [-0.4, -0.2) is 75.1 Å². The number of ether oxygens (including phenoxy) is 2. The molecule has 3 aromatic rings. The number of nitrogens with one attached hydrogen (secondary N) is 1. The summed E-state index contributed by atoms with van der Waals surface area (Å²) in [5.74, 6) is -0.00320. The standard InChI is InChI=1S/C25H25F9N6O3/c1-12-10-39-11-16(37-21(43-3)20(39)36-12)14-8-15(35-9-17(14)42-2)19(25(32,33)34)40(13-4-5-13)22(41)38-18(24(29,30)31)6-7-23(26,27)28/h8-11,13,18-19H,4-7H2,1-3H3,(H,38,41)/t18-,19?/m0/s1. The normalized spacial score (nSPS) is 15.7. The number of carbonyl (C=O) groups excluding carboxylic acids is 1. The van der Waals surface area contributed by atoms with E-state index in [1.165, 1.54) is 30.1 Å². The van der Waals surface area contributed by atoms with Crippen molar-refractivity contribution in [1.82, 2.24) is 29.6 Å². The molecule has 236 valence electrons. The molecule has 1 N–H and O–H groups in total. The molecule has 0 spiro atoms. The van der Waals surface area contributed by atoms with Crippen molar-refractivity contribution in [2.45, 2.75) is 69.3 Å². The number of nitrogens with zero attached hydrogens (tertiary/aromatic N) is 5. The molecule has 9 nitrogen and oxygen atoms in total. The molecule has 3 aromatic heterocycles. The third-order valence-electron chi connectivity index (χ3n) is 6.56. The van der Waals surface area contributed by atoms with E-state index in [-0.39, 0.29) is 40.6 Å². The molecule has 1 saturated carbocycles. The Morgan fingerprint density at radius 2 is 1.72 bits per heavy atom. The van der Waals surface area contributed by atoms with Gasteiger partial charge in [-0.1, -0.05) is 0 Å². The van der Waals surface area contributed by atoms with Crippen molar-refractivity contribution in [3.8, 4) is 22.9 Å². The Morgan fingerprint density at radius 1 is 1.05 bits per heavy atom. The van der Waals surface area contributed by atoms with Gasteiger partial charge in [0.05, 0.1) is 37.5 Å². The van der Waals surface area contributed by atoms with E-state index in [0.29, 0.717) is 11.3 Å². The first-order chi connectivity index (χ1) is 19.9. The number of alkyl halides is 9. The maximum Gasteiger partial charge on any atom is 0.414 e. The van der Waals surface area contributed by atoms with Gasteiger partial charge in [0.2, 0.25) is 5.65 Å². The minimum atomic E-state index is -5.36. The van der Waals surface area contributed by atoms with E-state index >= 15 is 0 Å². The molecule has 2 amide bonds. The number of imidazole rings is 1. The van der Waals surface area contributed by atoms with Gasteiger partial charge in [0, 0.05) is 30.4 Å². The number of urea groups is 1. The molecule has 0 bridgehead atoms. The average Bonchev–Trinajstić information content (AvgIpc) is 3.66. The second-order valence-corrected chi connectivity index (χ2v) is 9.84. The maximum absolute atomic E-state index is 14.6. The summed E-state index contributed by atoms with van der Waals surface area (Å²) in [6.07, 6.45) is -15.1. The summed E-state index contributed by atoms with van der Waals surface area (Å²) < 4.78 is 134. The molecule has 18 heteroatoms. The van der Waals surface area contributed by atoms with Gasteiger partial charge >= 0.3 is 24.6 Å². The number of pyridine rings is 1. The highest BCUT2D eigenvalue weighted by atomic mass is 19.4. The first-order valence-electron chi connectivity index (χ1n) is 12.7. The molecule has 1 aliphatic carbocycles. The number of hydrogen-bond donors (Lipinski definition) is 1. The van der Waals surface area contributed by atoms with Crippen LogP contribution in [0.25, 0.3) is 16.9 Å². The quantitative estimate of drug-likeness (QED) is 0.285. The van der Waals surface area contributed by atoms with E-state index < -0.39 is 61.2 Å². The molecule has 0 radical (unpaired) electrons. The lowest BCUT2D eigenvalue weighted by atomic mass is 10.1. The van der Waals surface area contributed by atoms with Gasteiger partial charge in [0.1, 0.15) is 11.8 Å². The summed E-state index contributed by atoms with van der Waals surface area (Å²) in [5.41, 5.74) is 0.131. The molecule has 4 rings (SSSR count). The number of aromatic nitrogens is 4. The Morgan fingerprint density at radius 3 is 2.26 bits per heavy atom. The number of methoxy groups -OCH3 is 2. The van der Waals surface area contributed by atoms with E-state index in [4.69, 9.17) is 9.47 Å². The molecule has 1 fully saturated rings. The Hall–Kier alpha value is -3.99. The third-order valence-corrected chi connectivity index (χ3v) is 6.56. The van der Waals surface area contributed by atoms with Crippen molar-refractivity contribution >= 4 is 11.7 Å². The molecule has 1 unspecified atom stereocenters. The van der Waals surface area contributed by atoms with Crippen LogP contribution in [0.15, 0.2) is 24.7 Å². The average molecular weight is 628 g/mol. The number of halogens is 9. The van der Waals surface area contributed by atoms with Gasteiger partial charge in [-0.25, -0.2) is 14.8 Å². The molecule has 0 aromatic carbocycles. The molecular formula is C25H25F9N6O3. The van der Waals surface area contributed by atoms with Crippen LogP contribution >= 0.6 is 0 Å². The number of aryl methyl sites for hydroxylation is 1. The van der Waals surface area contributed by atoms with Crippen molar-refractivity contribution in [2.24, 2.45) is 0 Å². The van der Waals surface area contributed by atoms with Crippen LogP contribution in [0.2, 0.25) is 0 Å². The predicted molar refractivity (Wildman–Crippen MR) is 131 cm³/mol. The van der Waals surface area contributed by atoms with E-state index in [2.05, 4.69) is 15.0 Å². The highest BCUT2D eigenvalue weighted by Gasteiger charge is 2.53. The Balaban J connectivity index is 1.77. The van der Waals surface area contributed by atoms with Crippen LogP contribution in [0.4, 0.5) is 44.3 Å². The van der Waals surface area contributed by atoms with Gasteiger partial charge in [-0.2, -0.15) is 39.5 Å². The zero-order valence-electron chi connectivity index (χ0n) is 22.7. The lowest BCUT2D eigenvalue weighted by molar-refractivity contribution is -0.183. The van der Waals surface area contributed by atoms with Crippen LogP contribution in [0.5, 0.6) is 11.6 Å². The monoisotopic (exact) mass is 628 g/mol. The van der Waals surface area contributed by atoms with E-state index in [0.717, 1.165) is 12.3 Å². The molecule has 0 aliphatic heterocycles. The number of rotatable bonds is 9. The van der Waals surface area contributed by atoms with Crippen LogP contribution < -0.4 is 14.8 Å². The number of carbonyl (C=O) groups is 1. The van der Waals surface area contributed by atoms with E-state index in [9.17, 15) is 44.3 Å². The fourth-order valence-electron chi connectivity index (χ4n) is 4.49. The predicted octanol–water partition coefficient (Wildman–Crippen LogP) is 6.17. The molecule has 2 atom stereocenters. The van der Waals surface area contributed by atoms with E-state index in [1.54, 1.807) is 13.1 Å². The fraction of sp³-hybridized carbons (Fsp3) is 0.520. The van der Waals surface area contributed by atoms with Crippen LogP contribution in [0.1, 0.15) is 43.1 Å². The van der Waals surface area contributed by atoms with Crippen LogP contribution in [0, 0.1) is 6.92 Å².